The number of carbonyl (C=O) groups is 2. The maximum atomic E-state index is 13.2. The summed E-state index contributed by atoms with van der Waals surface area (Å²) in [5.74, 6) is 3.64. The molecule has 2 unspecified atom stereocenters. The van der Waals surface area contributed by atoms with Gasteiger partial charge in [-0.25, -0.2) is 0 Å². The minimum Gasteiger partial charge on any atom is -0.393 e. The minimum absolute atomic E-state index is 0.152. The van der Waals surface area contributed by atoms with Crippen molar-refractivity contribution in [2.45, 2.75) is 181 Å². The van der Waals surface area contributed by atoms with Crippen LogP contribution >= 0.6 is 0 Å². The van der Waals surface area contributed by atoms with Crippen LogP contribution in [-0.4, -0.2) is 58.3 Å². The lowest BCUT2D eigenvalue weighted by Crippen LogP contribution is -2.62. The van der Waals surface area contributed by atoms with Crippen molar-refractivity contribution in [2.75, 3.05) is 13.1 Å². The number of likely N-dealkylation sites (tertiary alicyclic amines) is 1. The first kappa shape index (κ1) is 47.4. The van der Waals surface area contributed by atoms with Crippen molar-refractivity contribution in [3.8, 4) is 0 Å². The number of nitrogens with one attached hydrogen (secondary N) is 1. The first-order chi connectivity index (χ1) is 28.5. The van der Waals surface area contributed by atoms with Crippen LogP contribution in [-0.2, 0) is 9.59 Å². The monoisotopic (exact) mass is 813 g/mol. The van der Waals surface area contributed by atoms with Gasteiger partial charge in [-0.1, -0.05) is 114 Å². The number of allylic oxidation sites excluding steroid dienone is 12. The molecule has 2 amide bonds. The molecule has 330 valence electrons. The number of aliphatic hydroxyl groups excluding tert-OH is 2. The molecule has 5 fully saturated rings. The second-order valence-electron chi connectivity index (χ2n) is 19.8. The average molecular weight is 813 g/mol. The van der Waals surface area contributed by atoms with Gasteiger partial charge in [-0.2, -0.15) is 0 Å². The Labute approximate surface area is 360 Å². The number of aliphatic hydroxyl groups is 2. The average Bonchev–Trinajstić information content (AvgIpc) is 3.59. The van der Waals surface area contributed by atoms with Gasteiger partial charge in [0, 0.05) is 32.0 Å². The molecule has 0 aromatic rings. The van der Waals surface area contributed by atoms with Crippen LogP contribution in [0.25, 0.3) is 0 Å². The van der Waals surface area contributed by atoms with Gasteiger partial charge < -0.3 is 20.4 Å². The molecule has 5 aliphatic rings. The van der Waals surface area contributed by atoms with Crippen molar-refractivity contribution in [1.29, 1.82) is 0 Å². The highest BCUT2D eigenvalue weighted by atomic mass is 16.3. The molecule has 1 saturated heterocycles. The zero-order valence-corrected chi connectivity index (χ0v) is 37.9. The summed E-state index contributed by atoms with van der Waals surface area (Å²) in [4.78, 5) is 28.1. The van der Waals surface area contributed by atoms with Gasteiger partial charge >= 0.3 is 0 Å². The van der Waals surface area contributed by atoms with Crippen molar-refractivity contribution in [2.24, 2.45) is 52.3 Å². The van der Waals surface area contributed by atoms with E-state index < -0.39 is 0 Å². The van der Waals surface area contributed by atoms with Crippen molar-refractivity contribution in [3.63, 3.8) is 0 Å². The normalized spacial score (nSPS) is 34.7. The summed E-state index contributed by atoms with van der Waals surface area (Å²) in [6.07, 6.45) is 45.0. The van der Waals surface area contributed by atoms with Crippen LogP contribution < -0.4 is 5.32 Å². The number of piperidine rings is 1. The van der Waals surface area contributed by atoms with Gasteiger partial charge in [0.2, 0.25) is 11.8 Å². The van der Waals surface area contributed by atoms with Crippen LogP contribution in [0.1, 0.15) is 163 Å². The van der Waals surface area contributed by atoms with Crippen LogP contribution in [0.2, 0.25) is 0 Å². The van der Waals surface area contributed by atoms with E-state index in [0.29, 0.717) is 48.3 Å². The van der Waals surface area contributed by atoms with Gasteiger partial charge in [-0.3, -0.25) is 9.59 Å². The summed E-state index contributed by atoms with van der Waals surface area (Å²) in [5, 5.41) is 26.0. The molecule has 3 N–H and O–H groups in total. The van der Waals surface area contributed by atoms with Crippen molar-refractivity contribution in [3.05, 3.63) is 72.9 Å². The molecule has 4 aliphatic carbocycles. The van der Waals surface area contributed by atoms with E-state index in [4.69, 9.17) is 0 Å². The third-order valence-electron chi connectivity index (χ3n) is 16.3. The topological polar surface area (TPSA) is 89.9 Å². The second kappa shape index (κ2) is 23.5. The smallest absolute Gasteiger partial charge is 0.222 e. The van der Waals surface area contributed by atoms with Gasteiger partial charge in [-0.15, -0.1) is 0 Å². The molecule has 0 aromatic heterocycles. The molecule has 5 rings (SSSR count). The number of carbonyl (C=O) groups excluding carboxylic acids is 2. The number of amides is 2. The second-order valence-corrected chi connectivity index (χ2v) is 19.8. The van der Waals surface area contributed by atoms with Gasteiger partial charge in [-0.05, 0) is 161 Å². The maximum Gasteiger partial charge on any atom is 0.222 e. The number of nitrogens with zero attached hydrogens (tertiary/aromatic N) is 1. The fraction of sp³-hybridized carbons (Fsp3) is 0.736. The maximum absolute atomic E-state index is 13.2. The lowest BCUT2D eigenvalue weighted by atomic mass is 9.41. The van der Waals surface area contributed by atoms with E-state index in [1.54, 1.807) is 0 Å². The third-order valence-corrected chi connectivity index (χ3v) is 16.3. The van der Waals surface area contributed by atoms with Gasteiger partial charge in [0.15, 0.2) is 0 Å². The highest BCUT2D eigenvalue weighted by Crippen LogP contribution is 2.69. The lowest BCUT2D eigenvalue weighted by molar-refractivity contribution is -0.203. The zero-order valence-electron chi connectivity index (χ0n) is 37.9. The van der Waals surface area contributed by atoms with Crippen molar-refractivity contribution < 1.29 is 19.8 Å². The summed E-state index contributed by atoms with van der Waals surface area (Å²) >= 11 is 0. The molecule has 11 atom stereocenters. The standard InChI is InChI=1S/C53H84N2O4/c1-6-8-9-10-11-12-13-14-15-16-17-18-19-20-21-22-23-24-25-26-49(58)55-37-33-41(34-38-55)54-48(57)30-27-40(3)44-28-29-45-50-46(32-36-52(44,45)4)53(5)35-31-42(56)39-47(53)43(7-2)51(50)59/h8-9,11-12,14-15,17-18,20-21,23-24,40-47,50-51,56,59H,6-7,10,13,16,19,22,25-39H2,1-5H3,(H,54,57)/b9-8-,12-11-,15-14-,18-17-,21-20-,24-23-/t40?,42-,43-,44?,45+,46+,47+,50+,51-,52-,53-/m1/s1. The molecule has 0 aromatic carbocycles. The molecule has 59 heavy (non-hydrogen) atoms. The largest absolute Gasteiger partial charge is 0.393 e. The van der Waals surface area contributed by atoms with Crippen LogP contribution in [0.15, 0.2) is 72.9 Å². The van der Waals surface area contributed by atoms with Gasteiger partial charge in [0.05, 0.1) is 12.2 Å². The predicted octanol–water partition coefficient (Wildman–Crippen LogP) is 11.6. The molecule has 0 spiro atoms. The number of fused-ring (bicyclic) bond motifs is 5. The number of hydrogen-bond acceptors (Lipinski definition) is 4. The third kappa shape index (κ3) is 12.5. The fourth-order valence-corrected chi connectivity index (χ4v) is 13.1. The summed E-state index contributed by atoms with van der Waals surface area (Å²) in [5.41, 5.74) is 0.449. The van der Waals surface area contributed by atoms with Crippen LogP contribution in [0, 0.1) is 52.3 Å². The molecular formula is C53H84N2O4. The summed E-state index contributed by atoms with van der Waals surface area (Å²) < 4.78 is 0. The Morgan fingerprint density at radius 3 is 1.85 bits per heavy atom. The fourth-order valence-electron chi connectivity index (χ4n) is 13.1. The molecule has 1 aliphatic heterocycles. The summed E-state index contributed by atoms with van der Waals surface area (Å²) in [6.45, 7) is 13.3. The first-order valence-corrected chi connectivity index (χ1v) is 24.4. The van der Waals surface area contributed by atoms with Gasteiger partial charge in [0.25, 0.3) is 0 Å². The van der Waals surface area contributed by atoms with E-state index in [-0.39, 0.29) is 46.8 Å². The van der Waals surface area contributed by atoms with Crippen molar-refractivity contribution >= 4 is 11.8 Å². The number of rotatable bonds is 20. The highest BCUT2D eigenvalue weighted by Gasteiger charge is 2.64. The Morgan fingerprint density at radius 1 is 0.695 bits per heavy atom. The first-order valence-electron chi connectivity index (χ1n) is 24.4. The Kier molecular flexibility index (Phi) is 18.9. The molecule has 6 nitrogen and oxygen atoms in total. The van der Waals surface area contributed by atoms with Crippen LogP contribution in [0.3, 0.4) is 0 Å². The van der Waals surface area contributed by atoms with E-state index in [0.717, 1.165) is 103 Å². The Balaban J connectivity index is 0.937. The predicted molar refractivity (Wildman–Crippen MR) is 245 cm³/mol. The lowest BCUT2D eigenvalue weighted by Gasteiger charge is -2.64. The van der Waals surface area contributed by atoms with E-state index in [1.807, 2.05) is 4.90 Å². The van der Waals surface area contributed by atoms with Crippen LogP contribution in [0.4, 0.5) is 0 Å². The molecular weight excluding hydrogens is 729 g/mol. The van der Waals surface area contributed by atoms with E-state index in [1.165, 1.54) is 25.7 Å². The molecule has 0 radical (unpaired) electrons. The Bertz CT molecular complexity index is 1490. The Hall–Kier alpha value is -2.70. The SMILES string of the molecule is CC/C=C\C/C=C\C/C=C\C/C=C\C/C=C\C/C=C\CCC(=O)N1CCC(NC(=O)CCC(C)C2CC[C@H]3[C@@H]4[C@H](O)[C@H](CC)[C@@H]5C[C@H](O)CC[C@]5(C)[C@H]4CC[C@]23C)CC1. The summed E-state index contributed by atoms with van der Waals surface area (Å²) in [6, 6.07) is 0.152. The molecule has 1 heterocycles. The Morgan fingerprint density at radius 2 is 1.25 bits per heavy atom. The van der Waals surface area contributed by atoms with E-state index in [2.05, 4.69) is 113 Å². The number of hydrogen-bond donors (Lipinski definition) is 3. The molecule has 4 saturated carbocycles. The molecule has 6 heteroatoms. The van der Waals surface area contributed by atoms with E-state index >= 15 is 0 Å². The zero-order chi connectivity index (χ0) is 42.3. The van der Waals surface area contributed by atoms with Crippen molar-refractivity contribution in [1.82, 2.24) is 10.2 Å². The molecule has 0 bridgehead atoms. The van der Waals surface area contributed by atoms with E-state index in [9.17, 15) is 19.8 Å². The van der Waals surface area contributed by atoms with Crippen LogP contribution in [0.5, 0.6) is 0 Å². The highest BCUT2D eigenvalue weighted by molar-refractivity contribution is 5.77. The van der Waals surface area contributed by atoms with Gasteiger partial charge in [0.1, 0.15) is 0 Å². The summed E-state index contributed by atoms with van der Waals surface area (Å²) in [7, 11) is 0. The quantitative estimate of drug-likeness (QED) is 0.107. The minimum atomic E-state index is -0.262.